The quantitative estimate of drug-likeness (QED) is 0.644. The third-order valence-corrected chi connectivity index (χ3v) is 7.19. The average Bonchev–Trinajstić information content (AvgIpc) is 2.75. The van der Waals surface area contributed by atoms with Crippen LogP contribution in [0.2, 0.25) is 0 Å². The molecule has 2 N–H and O–H groups in total. The van der Waals surface area contributed by atoms with Crippen LogP contribution < -0.4 is 5.32 Å². The monoisotopic (exact) mass is 448 g/mol. The van der Waals surface area contributed by atoms with E-state index in [4.69, 9.17) is 0 Å². The minimum absolute atomic E-state index is 0.0126. The number of carbonyl (C=O) groups excluding carboxylic acids is 1. The second-order valence-electron chi connectivity index (χ2n) is 7.50. The van der Waals surface area contributed by atoms with Crippen LogP contribution >= 0.6 is 0 Å². The molecule has 1 aliphatic rings. The van der Waals surface area contributed by atoms with Gasteiger partial charge in [0.25, 0.3) is 15.9 Å². The van der Waals surface area contributed by atoms with Gasteiger partial charge in [0, 0.05) is 6.54 Å². The first-order valence-corrected chi connectivity index (χ1v) is 11.6. The number of sulfonamides is 1. The molecule has 2 atom stereocenters. The fourth-order valence-electron chi connectivity index (χ4n) is 3.68. The van der Waals surface area contributed by atoms with E-state index >= 15 is 0 Å². The van der Waals surface area contributed by atoms with E-state index in [1.807, 2.05) is 31.2 Å². The smallest absolute Gasteiger partial charge is 0.327 e. The van der Waals surface area contributed by atoms with Gasteiger partial charge < -0.3 is 10.4 Å². The second kappa shape index (κ2) is 9.57. The van der Waals surface area contributed by atoms with E-state index in [0.717, 1.165) is 35.4 Å². The summed E-state index contributed by atoms with van der Waals surface area (Å²) in [7, 11) is -4.52. The SMILES string of the molecule is CCCC[C@@H](C(=O)O)N(C(=O)[C@@H]1Cc2ccccc2CN1)S(=O)(=O)c1ccc(F)cc1. The molecule has 0 radical (unpaired) electrons. The molecule has 0 fully saturated rings. The molecule has 2 aromatic carbocycles. The van der Waals surface area contributed by atoms with Crippen LogP contribution in [0.4, 0.5) is 4.39 Å². The Morgan fingerprint density at radius 1 is 1.16 bits per heavy atom. The van der Waals surface area contributed by atoms with Gasteiger partial charge in [-0.05, 0) is 48.2 Å². The standard InChI is InChI=1S/C22H25FN2O5S/c1-2-3-8-20(22(27)28)25(31(29,30)18-11-9-17(23)10-12-18)21(26)19-13-15-6-4-5-7-16(15)14-24-19/h4-7,9-12,19-20,24H,2-3,8,13-14H2,1H3,(H,27,28)/t19-,20-/m0/s1. The molecule has 0 saturated carbocycles. The number of halogens is 1. The number of carbonyl (C=O) groups is 2. The molecule has 1 aliphatic heterocycles. The number of aliphatic carboxylic acids is 1. The Labute approximate surface area is 180 Å². The lowest BCUT2D eigenvalue weighted by atomic mass is 9.95. The molecule has 0 bridgehead atoms. The van der Waals surface area contributed by atoms with Crippen LogP contribution in [0, 0.1) is 5.82 Å². The van der Waals surface area contributed by atoms with Crippen LogP contribution in [-0.4, -0.2) is 41.8 Å². The van der Waals surface area contributed by atoms with Crippen molar-refractivity contribution in [1.82, 2.24) is 9.62 Å². The van der Waals surface area contributed by atoms with Crippen molar-refractivity contribution in [2.45, 2.75) is 56.1 Å². The van der Waals surface area contributed by atoms with Gasteiger partial charge in [0.05, 0.1) is 10.9 Å². The van der Waals surface area contributed by atoms with Gasteiger partial charge in [-0.15, -0.1) is 0 Å². The maximum absolute atomic E-state index is 13.5. The Morgan fingerprint density at radius 3 is 2.42 bits per heavy atom. The lowest BCUT2D eigenvalue weighted by Gasteiger charge is -2.33. The number of nitrogens with one attached hydrogen (secondary N) is 1. The summed E-state index contributed by atoms with van der Waals surface area (Å²) in [5.74, 6) is -2.87. The summed E-state index contributed by atoms with van der Waals surface area (Å²) in [6.45, 7) is 2.21. The Hall–Kier alpha value is -2.78. The van der Waals surface area contributed by atoms with E-state index in [2.05, 4.69) is 5.32 Å². The number of carboxylic acid groups (broad SMARTS) is 1. The summed E-state index contributed by atoms with van der Waals surface area (Å²) in [4.78, 5) is 25.1. The first kappa shape index (κ1) is 22.9. The van der Waals surface area contributed by atoms with Crippen molar-refractivity contribution < 1.29 is 27.5 Å². The summed E-state index contributed by atoms with van der Waals surface area (Å²) >= 11 is 0. The molecule has 3 rings (SSSR count). The topological polar surface area (TPSA) is 104 Å². The van der Waals surface area contributed by atoms with Gasteiger partial charge in [-0.2, -0.15) is 0 Å². The lowest BCUT2D eigenvalue weighted by molar-refractivity contribution is -0.147. The Balaban J connectivity index is 2.02. The molecular formula is C22H25FN2O5S. The van der Waals surface area contributed by atoms with E-state index in [-0.39, 0.29) is 17.7 Å². The molecular weight excluding hydrogens is 423 g/mol. The van der Waals surface area contributed by atoms with Crippen LogP contribution in [0.3, 0.4) is 0 Å². The Kier molecular flexibility index (Phi) is 7.07. The molecule has 166 valence electrons. The van der Waals surface area contributed by atoms with Crippen LogP contribution in [-0.2, 0) is 32.6 Å². The first-order chi connectivity index (χ1) is 14.8. The zero-order valence-electron chi connectivity index (χ0n) is 17.1. The van der Waals surface area contributed by atoms with Gasteiger partial charge in [0.1, 0.15) is 11.9 Å². The summed E-state index contributed by atoms with van der Waals surface area (Å²) in [6, 6.07) is 9.03. The van der Waals surface area contributed by atoms with Crippen LogP contribution in [0.5, 0.6) is 0 Å². The fraction of sp³-hybridized carbons (Fsp3) is 0.364. The summed E-state index contributed by atoms with van der Waals surface area (Å²) in [5, 5.41) is 12.8. The van der Waals surface area contributed by atoms with Crippen molar-refractivity contribution in [2.24, 2.45) is 0 Å². The third-order valence-electron chi connectivity index (χ3n) is 5.37. The highest BCUT2D eigenvalue weighted by molar-refractivity contribution is 7.89. The maximum Gasteiger partial charge on any atom is 0.327 e. The minimum Gasteiger partial charge on any atom is -0.480 e. The van der Waals surface area contributed by atoms with E-state index < -0.39 is 39.8 Å². The van der Waals surface area contributed by atoms with Crippen molar-refractivity contribution in [3.05, 3.63) is 65.5 Å². The first-order valence-electron chi connectivity index (χ1n) is 10.1. The fourth-order valence-corrected chi connectivity index (χ4v) is 5.28. The van der Waals surface area contributed by atoms with E-state index in [1.165, 1.54) is 0 Å². The normalized spacial score (nSPS) is 16.9. The van der Waals surface area contributed by atoms with Crippen molar-refractivity contribution in [2.75, 3.05) is 0 Å². The molecule has 0 aromatic heterocycles. The molecule has 0 spiro atoms. The second-order valence-corrected chi connectivity index (χ2v) is 9.31. The molecule has 1 heterocycles. The minimum atomic E-state index is -4.52. The molecule has 9 heteroatoms. The van der Waals surface area contributed by atoms with Crippen molar-refractivity contribution in [3.8, 4) is 0 Å². The molecule has 0 saturated heterocycles. The highest BCUT2D eigenvalue weighted by atomic mass is 32.2. The van der Waals surface area contributed by atoms with E-state index in [1.54, 1.807) is 0 Å². The molecule has 31 heavy (non-hydrogen) atoms. The number of carboxylic acids is 1. The number of hydrogen-bond donors (Lipinski definition) is 2. The summed E-state index contributed by atoms with van der Waals surface area (Å²) in [5.41, 5.74) is 1.90. The summed E-state index contributed by atoms with van der Waals surface area (Å²) in [6.07, 6.45) is 1.30. The largest absolute Gasteiger partial charge is 0.480 e. The maximum atomic E-state index is 13.5. The zero-order chi connectivity index (χ0) is 22.6. The number of unbranched alkanes of at least 4 members (excludes halogenated alkanes) is 1. The third kappa shape index (κ3) is 4.94. The van der Waals surface area contributed by atoms with Crippen molar-refractivity contribution in [1.29, 1.82) is 0 Å². The summed E-state index contributed by atoms with van der Waals surface area (Å²) < 4.78 is 40.6. The van der Waals surface area contributed by atoms with E-state index in [0.29, 0.717) is 23.7 Å². The predicted octanol–water partition coefficient (Wildman–Crippen LogP) is 2.70. The lowest BCUT2D eigenvalue weighted by Crippen LogP contribution is -2.56. The molecule has 2 aromatic rings. The highest BCUT2D eigenvalue weighted by Crippen LogP contribution is 2.25. The van der Waals surface area contributed by atoms with Gasteiger partial charge in [-0.1, -0.05) is 44.0 Å². The molecule has 0 aliphatic carbocycles. The number of benzene rings is 2. The highest BCUT2D eigenvalue weighted by Gasteiger charge is 2.42. The predicted molar refractivity (Wildman–Crippen MR) is 112 cm³/mol. The van der Waals surface area contributed by atoms with Gasteiger partial charge in [-0.25, -0.2) is 21.9 Å². The van der Waals surface area contributed by atoms with Crippen LogP contribution in [0.1, 0.15) is 37.3 Å². The number of nitrogens with zero attached hydrogens (tertiary/aromatic N) is 1. The van der Waals surface area contributed by atoms with Gasteiger partial charge in [0.15, 0.2) is 0 Å². The van der Waals surface area contributed by atoms with Crippen molar-refractivity contribution in [3.63, 3.8) is 0 Å². The van der Waals surface area contributed by atoms with E-state index in [9.17, 15) is 27.5 Å². The van der Waals surface area contributed by atoms with Crippen molar-refractivity contribution >= 4 is 21.9 Å². The molecule has 1 amide bonds. The Bertz CT molecular complexity index is 1060. The zero-order valence-corrected chi connectivity index (χ0v) is 17.9. The average molecular weight is 449 g/mol. The van der Waals surface area contributed by atoms with Gasteiger partial charge in [-0.3, -0.25) is 4.79 Å². The molecule has 0 unspecified atom stereocenters. The van der Waals surface area contributed by atoms with Crippen LogP contribution in [0.25, 0.3) is 0 Å². The van der Waals surface area contributed by atoms with Gasteiger partial charge >= 0.3 is 5.97 Å². The number of fused-ring (bicyclic) bond motifs is 1. The number of hydrogen-bond acceptors (Lipinski definition) is 5. The van der Waals surface area contributed by atoms with Crippen LogP contribution in [0.15, 0.2) is 53.4 Å². The number of amides is 1. The Morgan fingerprint density at radius 2 is 1.81 bits per heavy atom. The molecule has 7 nitrogen and oxygen atoms in total. The number of rotatable bonds is 8. The van der Waals surface area contributed by atoms with Gasteiger partial charge in [0.2, 0.25) is 0 Å².